The number of nitro benzene ring substituents is 1. The number of hydrogen-bond donors (Lipinski definition) is 0. The maximum absolute atomic E-state index is 11.1. The Morgan fingerprint density at radius 1 is 1.33 bits per heavy atom. The number of pyridine rings is 1. The minimum Gasteiger partial charge on any atom is -0.363 e. The Morgan fingerprint density at radius 3 is 2.71 bits per heavy atom. The van der Waals surface area contributed by atoms with Crippen LogP contribution in [-0.2, 0) is 6.54 Å². The van der Waals surface area contributed by atoms with E-state index in [9.17, 15) is 14.9 Å². The number of nitro groups is 1. The summed E-state index contributed by atoms with van der Waals surface area (Å²) >= 11 is 0. The predicted molar refractivity (Wildman–Crippen MR) is 79.6 cm³/mol. The Balaban J connectivity index is 2.32. The second kappa shape index (κ2) is 6.13. The van der Waals surface area contributed by atoms with Gasteiger partial charge in [-0.2, -0.15) is 0 Å². The van der Waals surface area contributed by atoms with Crippen molar-refractivity contribution in [1.82, 2.24) is 4.98 Å². The van der Waals surface area contributed by atoms with Crippen molar-refractivity contribution in [2.75, 3.05) is 11.9 Å². The van der Waals surface area contributed by atoms with Gasteiger partial charge in [-0.15, -0.1) is 0 Å². The van der Waals surface area contributed by atoms with Crippen LogP contribution in [0.15, 0.2) is 36.4 Å². The highest BCUT2D eigenvalue weighted by molar-refractivity contribution is 5.79. The van der Waals surface area contributed by atoms with Gasteiger partial charge in [-0.1, -0.05) is 6.07 Å². The highest BCUT2D eigenvalue weighted by Gasteiger charge is 2.18. The van der Waals surface area contributed by atoms with Gasteiger partial charge in [0, 0.05) is 24.4 Å². The van der Waals surface area contributed by atoms with Crippen LogP contribution in [-0.4, -0.2) is 23.2 Å². The number of nitrogens with zero attached hydrogens (tertiary/aromatic N) is 3. The molecule has 1 aromatic carbocycles. The second-order valence-electron chi connectivity index (χ2n) is 4.75. The molecule has 0 aliphatic heterocycles. The summed E-state index contributed by atoms with van der Waals surface area (Å²) in [5.41, 5.74) is 2.37. The van der Waals surface area contributed by atoms with Crippen LogP contribution in [0, 0.1) is 17.0 Å². The summed E-state index contributed by atoms with van der Waals surface area (Å²) in [5, 5.41) is 11.1. The first kappa shape index (κ1) is 14.6. The van der Waals surface area contributed by atoms with Crippen molar-refractivity contribution in [3.8, 4) is 0 Å². The molecule has 0 radical (unpaired) electrons. The molecule has 6 nitrogen and oxygen atoms in total. The molecule has 2 rings (SSSR count). The van der Waals surface area contributed by atoms with Crippen molar-refractivity contribution in [3.63, 3.8) is 0 Å². The van der Waals surface area contributed by atoms with Crippen LogP contribution in [0.1, 0.15) is 21.7 Å². The van der Waals surface area contributed by atoms with E-state index in [1.165, 1.54) is 6.07 Å². The van der Waals surface area contributed by atoms with Gasteiger partial charge in [0.2, 0.25) is 0 Å². The van der Waals surface area contributed by atoms with Crippen LogP contribution in [0.25, 0.3) is 0 Å². The minimum absolute atomic E-state index is 0.0882. The maximum atomic E-state index is 11.1. The summed E-state index contributed by atoms with van der Waals surface area (Å²) in [6, 6.07) is 10.1. The summed E-state index contributed by atoms with van der Waals surface area (Å²) in [5.74, 6) is 0. The summed E-state index contributed by atoms with van der Waals surface area (Å²) in [6.07, 6.45) is 0.596. The fourth-order valence-electron chi connectivity index (χ4n) is 2.10. The summed E-state index contributed by atoms with van der Waals surface area (Å²) in [4.78, 5) is 27.5. The van der Waals surface area contributed by atoms with Gasteiger partial charge in [-0.25, -0.2) is 0 Å². The van der Waals surface area contributed by atoms with E-state index in [4.69, 9.17) is 0 Å². The highest BCUT2D eigenvalue weighted by Crippen LogP contribution is 2.28. The van der Waals surface area contributed by atoms with Crippen LogP contribution in [0.5, 0.6) is 0 Å². The van der Waals surface area contributed by atoms with Crippen LogP contribution < -0.4 is 4.90 Å². The standard InChI is InChI=1S/C15H15N3O3/c1-11-4-3-5-13(16-11)9-17(2)14-7-6-12(10-19)8-15(14)18(20)21/h3-8,10H,9H2,1-2H3. The van der Waals surface area contributed by atoms with Crippen molar-refractivity contribution >= 4 is 17.7 Å². The Hall–Kier alpha value is -2.76. The van der Waals surface area contributed by atoms with Gasteiger partial charge in [0.05, 0.1) is 17.2 Å². The van der Waals surface area contributed by atoms with Gasteiger partial charge in [0.15, 0.2) is 0 Å². The number of benzene rings is 1. The second-order valence-corrected chi connectivity index (χ2v) is 4.75. The number of anilines is 1. The van der Waals surface area contributed by atoms with E-state index in [1.54, 1.807) is 24.1 Å². The molecule has 21 heavy (non-hydrogen) atoms. The lowest BCUT2D eigenvalue weighted by Crippen LogP contribution is -2.18. The van der Waals surface area contributed by atoms with Crippen molar-refractivity contribution in [2.45, 2.75) is 13.5 Å². The number of aromatic nitrogens is 1. The molecular formula is C15H15N3O3. The van der Waals surface area contributed by atoms with Crippen LogP contribution >= 0.6 is 0 Å². The van der Waals surface area contributed by atoms with Crippen LogP contribution in [0.3, 0.4) is 0 Å². The molecule has 0 aliphatic carbocycles. The summed E-state index contributed by atoms with van der Waals surface area (Å²) < 4.78 is 0. The Bertz CT molecular complexity index is 686. The Morgan fingerprint density at radius 2 is 2.10 bits per heavy atom. The Labute approximate surface area is 122 Å². The molecule has 0 unspecified atom stereocenters. The SMILES string of the molecule is Cc1cccc(CN(C)c2ccc(C=O)cc2[N+](=O)[O-])n1. The van der Waals surface area contributed by atoms with Crippen molar-refractivity contribution in [2.24, 2.45) is 0 Å². The first-order valence-electron chi connectivity index (χ1n) is 6.38. The van der Waals surface area contributed by atoms with Gasteiger partial charge in [-0.05, 0) is 31.2 Å². The molecule has 1 heterocycles. The summed E-state index contributed by atoms with van der Waals surface area (Å²) in [6.45, 7) is 2.34. The molecule has 108 valence electrons. The van der Waals surface area contributed by atoms with Gasteiger partial charge >= 0.3 is 0 Å². The van der Waals surface area contributed by atoms with Gasteiger partial charge < -0.3 is 4.90 Å². The average Bonchev–Trinajstić information content (AvgIpc) is 2.46. The molecule has 0 bridgehead atoms. The molecule has 0 aliphatic rings. The molecular weight excluding hydrogens is 270 g/mol. The molecule has 2 aromatic rings. The molecule has 0 saturated carbocycles. The number of hydrogen-bond acceptors (Lipinski definition) is 5. The fourth-order valence-corrected chi connectivity index (χ4v) is 2.10. The number of aldehydes is 1. The van der Waals surface area contributed by atoms with Crippen LogP contribution in [0.4, 0.5) is 11.4 Å². The molecule has 0 amide bonds. The highest BCUT2D eigenvalue weighted by atomic mass is 16.6. The fraction of sp³-hybridized carbons (Fsp3) is 0.200. The zero-order valence-corrected chi connectivity index (χ0v) is 11.8. The third-order valence-electron chi connectivity index (χ3n) is 3.09. The van der Waals surface area contributed by atoms with E-state index in [-0.39, 0.29) is 11.3 Å². The molecule has 0 saturated heterocycles. The lowest BCUT2D eigenvalue weighted by atomic mass is 10.1. The number of aryl methyl sites for hydroxylation is 1. The first-order valence-corrected chi connectivity index (χ1v) is 6.38. The van der Waals surface area contributed by atoms with E-state index in [0.717, 1.165) is 11.4 Å². The van der Waals surface area contributed by atoms with E-state index < -0.39 is 4.92 Å². The quantitative estimate of drug-likeness (QED) is 0.479. The monoisotopic (exact) mass is 285 g/mol. The molecule has 0 fully saturated rings. The zero-order valence-electron chi connectivity index (χ0n) is 11.8. The Kier molecular flexibility index (Phi) is 4.27. The molecule has 0 spiro atoms. The minimum atomic E-state index is -0.484. The van der Waals surface area contributed by atoms with E-state index in [0.29, 0.717) is 18.5 Å². The van der Waals surface area contributed by atoms with Crippen molar-refractivity contribution in [3.05, 3.63) is 63.5 Å². The van der Waals surface area contributed by atoms with E-state index >= 15 is 0 Å². The van der Waals surface area contributed by atoms with Gasteiger partial charge in [0.1, 0.15) is 12.0 Å². The third kappa shape index (κ3) is 3.42. The normalized spacial score (nSPS) is 10.2. The first-order chi connectivity index (χ1) is 10.0. The number of rotatable bonds is 5. The number of carbonyl (C=O) groups is 1. The lowest BCUT2D eigenvalue weighted by molar-refractivity contribution is -0.384. The predicted octanol–water partition coefficient (Wildman–Crippen LogP) is 2.75. The van der Waals surface area contributed by atoms with E-state index in [2.05, 4.69) is 4.98 Å². The lowest BCUT2D eigenvalue weighted by Gasteiger charge is -2.19. The molecule has 1 aromatic heterocycles. The third-order valence-corrected chi connectivity index (χ3v) is 3.09. The maximum Gasteiger partial charge on any atom is 0.293 e. The summed E-state index contributed by atoms with van der Waals surface area (Å²) in [7, 11) is 1.76. The smallest absolute Gasteiger partial charge is 0.293 e. The van der Waals surface area contributed by atoms with Crippen molar-refractivity contribution < 1.29 is 9.72 Å². The number of carbonyl (C=O) groups excluding carboxylic acids is 1. The molecule has 6 heteroatoms. The van der Waals surface area contributed by atoms with Crippen LogP contribution in [0.2, 0.25) is 0 Å². The topological polar surface area (TPSA) is 76.3 Å². The average molecular weight is 285 g/mol. The molecule has 0 atom stereocenters. The van der Waals surface area contributed by atoms with E-state index in [1.807, 2.05) is 25.1 Å². The largest absolute Gasteiger partial charge is 0.363 e. The van der Waals surface area contributed by atoms with Crippen molar-refractivity contribution in [1.29, 1.82) is 0 Å². The van der Waals surface area contributed by atoms with Gasteiger partial charge in [0.25, 0.3) is 5.69 Å². The van der Waals surface area contributed by atoms with Gasteiger partial charge in [-0.3, -0.25) is 19.9 Å². The molecule has 0 N–H and O–H groups in total. The zero-order chi connectivity index (χ0) is 15.4.